The van der Waals surface area contributed by atoms with Gasteiger partial charge in [0, 0.05) is 25.5 Å². The molecule has 1 amide bonds. The molecule has 0 heterocycles. The Labute approximate surface area is 146 Å². The zero-order chi connectivity index (χ0) is 18.2. The first-order valence-electron chi connectivity index (χ1n) is 7.55. The number of aldehydes is 1. The van der Waals surface area contributed by atoms with E-state index in [1.807, 2.05) is 0 Å². The Morgan fingerprint density at radius 2 is 1.67 bits per heavy atom. The molecule has 0 bridgehead atoms. The summed E-state index contributed by atoms with van der Waals surface area (Å²) in [7, 11) is -2.86. The van der Waals surface area contributed by atoms with Crippen molar-refractivity contribution >= 4 is 39.1 Å². The number of carbonyl (C=O) groups is 3. The summed E-state index contributed by atoms with van der Waals surface area (Å²) >= 11 is 5.22. The van der Waals surface area contributed by atoms with Gasteiger partial charge in [-0.05, 0) is 30.5 Å². The van der Waals surface area contributed by atoms with Crippen LogP contribution in [0.1, 0.15) is 48.9 Å². The summed E-state index contributed by atoms with van der Waals surface area (Å²) in [4.78, 5) is 33.5. The molecular formula is C16H20ClNO5S. The van der Waals surface area contributed by atoms with E-state index in [9.17, 15) is 22.8 Å². The zero-order valence-electron chi connectivity index (χ0n) is 13.4. The number of halogens is 1. The number of sulfonamides is 1. The van der Waals surface area contributed by atoms with E-state index in [2.05, 4.69) is 0 Å². The number of rotatable bonds is 10. The van der Waals surface area contributed by atoms with Crippen molar-refractivity contribution in [3.05, 3.63) is 29.8 Å². The molecule has 24 heavy (non-hydrogen) atoms. The second-order valence-corrected chi connectivity index (χ2v) is 7.65. The summed E-state index contributed by atoms with van der Waals surface area (Å²) in [5, 5.41) is -0.384. The van der Waals surface area contributed by atoms with Crippen molar-refractivity contribution in [1.29, 1.82) is 0 Å². The van der Waals surface area contributed by atoms with Gasteiger partial charge < -0.3 is 0 Å². The van der Waals surface area contributed by atoms with Gasteiger partial charge in [0.1, 0.15) is 0 Å². The van der Waals surface area contributed by atoms with Crippen LogP contribution < -0.4 is 0 Å². The first kappa shape index (κ1) is 20.3. The lowest BCUT2D eigenvalue weighted by molar-refractivity contribution is -0.125. The lowest BCUT2D eigenvalue weighted by atomic mass is 10.1. The van der Waals surface area contributed by atoms with E-state index in [4.69, 9.17) is 11.6 Å². The SMILES string of the molecule is CN(C(=O)CCCCCCC(=O)Cl)S(=O)(=O)c1ccccc1C=O. The van der Waals surface area contributed by atoms with Gasteiger partial charge in [0.15, 0.2) is 6.29 Å². The molecule has 6 nitrogen and oxygen atoms in total. The fraction of sp³-hybridized carbons (Fsp3) is 0.438. The number of carbonyl (C=O) groups excluding carboxylic acids is 3. The second-order valence-electron chi connectivity index (χ2n) is 5.29. The smallest absolute Gasteiger partial charge is 0.266 e. The fourth-order valence-corrected chi connectivity index (χ4v) is 3.60. The van der Waals surface area contributed by atoms with Crippen LogP contribution in [0.15, 0.2) is 29.2 Å². The normalized spacial score (nSPS) is 11.1. The van der Waals surface area contributed by atoms with Gasteiger partial charge in [-0.2, -0.15) is 0 Å². The molecular weight excluding hydrogens is 354 g/mol. The maximum absolute atomic E-state index is 12.5. The molecule has 0 aliphatic carbocycles. The van der Waals surface area contributed by atoms with Crippen molar-refractivity contribution < 1.29 is 22.8 Å². The molecule has 0 saturated heterocycles. The van der Waals surface area contributed by atoms with E-state index in [1.165, 1.54) is 25.2 Å². The number of unbranched alkanes of at least 4 members (excludes halogenated alkanes) is 3. The van der Waals surface area contributed by atoms with Crippen LogP contribution in [0, 0.1) is 0 Å². The van der Waals surface area contributed by atoms with Gasteiger partial charge in [-0.25, -0.2) is 12.7 Å². The Balaban J connectivity index is 2.61. The van der Waals surface area contributed by atoms with Crippen molar-refractivity contribution in [3.8, 4) is 0 Å². The molecule has 0 saturated carbocycles. The van der Waals surface area contributed by atoms with Gasteiger partial charge in [-0.3, -0.25) is 14.4 Å². The summed E-state index contributed by atoms with van der Waals surface area (Å²) in [5.74, 6) is -0.538. The first-order chi connectivity index (χ1) is 11.3. The van der Waals surface area contributed by atoms with Crippen LogP contribution >= 0.6 is 11.6 Å². The Kier molecular flexibility index (Phi) is 8.07. The highest BCUT2D eigenvalue weighted by Gasteiger charge is 2.27. The van der Waals surface area contributed by atoms with Crippen LogP contribution in [0.2, 0.25) is 0 Å². The number of hydrogen-bond donors (Lipinski definition) is 0. The fourth-order valence-electron chi connectivity index (χ4n) is 2.15. The van der Waals surface area contributed by atoms with Gasteiger partial charge in [0.05, 0.1) is 4.90 Å². The molecule has 0 aliphatic heterocycles. The highest BCUT2D eigenvalue weighted by molar-refractivity contribution is 7.89. The summed E-state index contributed by atoms with van der Waals surface area (Å²) in [5.41, 5.74) is 0.0166. The van der Waals surface area contributed by atoms with Gasteiger partial charge in [-0.15, -0.1) is 0 Å². The van der Waals surface area contributed by atoms with Crippen LogP contribution in [-0.2, 0) is 19.6 Å². The standard InChI is InChI=1S/C16H20ClNO5S/c1-18(16(21)11-5-3-2-4-10-15(17)20)24(22,23)14-9-7-6-8-13(14)12-19/h6-9,12H,2-5,10-11H2,1H3. The molecule has 1 aromatic carbocycles. The number of nitrogens with zero attached hydrogens (tertiary/aromatic N) is 1. The maximum Gasteiger partial charge on any atom is 0.266 e. The molecule has 0 N–H and O–H groups in total. The van der Waals surface area contributed by atoms with E-state index in [0.29, 0.717) is 36.3 Å². The highest BCUT2D eigenvalue weighted by Crippen LogP contribution is 2.19. The van der Waals surface area contributed by atoms with E-state index in [1.54, 1.807) is 6.07 Å². The number of hydrogen-bond acceptors (Lipinski definition) is 5. The Bertz CT molecular complexity index is 702. The van der Waals surface area contributed by atoms with E-state index in [0.717, 1.165) is 6.42 Å². The molecule has 0 radical (unpaired) electrons. The zero-order valence-corrected chi connectivity index (χ0v) is 15.0. The van der Waals surface area contributed by atoms with Crippen LogP contribution in [0.25, 0.3) is 0 Å². The molecule has 8 heteroatoms. The van der Waals surface area contributed by atoms with Crippen molar-refractivity contribution in [2.75, 3.05) is 7.05 Å². The average molecular weight is 374 g/mol. The quantitative estimate of drug-likeness (QED) is 0.357. The minimum atomic E-state index is -4.05. The Hall–Kier alpha value is -1.73. The van der Waals surface area contributed by atoms with Crippen molar-refractivity contribution in [2.45, 2.75) is 43.4 Å². The lowest BCUT2D eigenvalue weighted by Crippen LogP contribution is -2.33. The Morgan fingerprint density at radius 1 is 1.08 bits per heavy atom. The second kappa shape index (κ2) is 9.54. The van der Waals surface area contributed by atoms with E-state index in [-0.39, 0.29) is 22.1 Å². The molecule has 0 spiro atoms. The van der Waals surface area contributed by atoms with E-state index >= 15 is 0 Å². The number of amides is 1. The third kappa shape index (κ3) is 5.72. The third-order valence-corrected chi connectivity index (χ3v) is 5.59. The molecule has 132 valence electrons. The molecule has 1 aromatic rings. The average Bonchev–Trinajstić information content (AvgIpc) is 2.56. The minimum absolute atomic E-state index is 0.0166. The summed E-state index contributed by atoms with van der Waals surface area (Å²) in [6, 6.07) is 5.73. The molecule has 0 aliphatic rings. The third-order valence-electron chi connectivity index (χ3n) is 3.55. The van der Waals surface area contributed by atoms with Gasteiger partial charge in [-0.1, -0.05) is 31.0 Å². The predicted molar refractivity (Wildman–Crippen MR) is 90.3 cm³/mol. The van der Waals surface area contributed by atoms with Gasteiger partial charge in [0.25, 0.3) is 10.0 Å². The molecule has 0 aromatic heterocycles. The Morgan fingerprint density at radius 3 is 2.25 bits per heavy atom. The molecule has 0 fully saturated rings. The first-order valence-corrected chi connectivity index (χ1v) is 9.36. The summed E-state index contributed by atoms with van der Waals surface area (Å²) in [6.45, 7) is 0. The van der Waals surface area contributed by atoms with E-state index < -0.39 is 15.9 Å². The minimum Gasteiger partial charge on any atom is -0.298 e. The lowest BCUT2D eigenvalue weighted by Gasteiger charge is -2.18. The van der Waals surface area contributed by atoms with Crippen LogP contribution in [-0.4, -0.2) is 37.2 Å². The van der Waals surface area contributed by atoms with Crippen LogP contribution in [0.5, 0.6) is 0 Å². The molecule has 1 rings (SSSR count). The maximum atomic E-state index is 12.5. The van der Waals surface area contributed by atoms with Crippen molar-refractivity contribution in [2.24, 2.45) is 0 Å². The molecule has 0 atom stereocenters. The van der Waals surface area contributed by atoms with Gasteiger partial charge >= 0.3 is 0 Å². The van der Waals surface area contributed by atoms with Crippen LogP contribution in [0.3, 0.4) is 0 Å². The summed E-state index contributed by atoms with van der Waals surface area (Å²) in [6.07, 6.45) is 3.44. The number of benzene rings is 1. The topological polar surface area (TPSA) is 88.6 Å². The predicted octanol–water partition coefficient (Wildman–Crippen LogP) is 2.75. The molecule has 0 unspecified atom stereocenters. The largest absolute Gasteiger partial charge is 0.298 e. The monoisotopic (exact) mass is 373 g/mol. The van der Waals surface area contributed by atoms with Crippen molar-refractivity contribution in [3.63, 3.8) is 0 Å². The van der Waals surface area contributed by atoms with Gasteiger partial charge in [0.2, 0.25) is 11.1 Å². The van der Waals surface area contributed by atoms with Crippen LogP contribution in [0.4, 0.5) is 0 Å². The highest BCUT2D eigenvalue weighted by atomic mass is 35.5. The summed E-state index contributed by atoms with van der Waals surface area (Å²) < 4.78 is 25.6. The van der Waals surface area contributed by atoms with Crippen molar-refractivity contribution in [1.82, 2.24) is 4.31 Å².